The third kappa shape index (κ3) is 3.40. The van der Waals surface area contributed by atoms with Crippen LogP contribution in [0.25, 0.3) is 0 Å². The Labute approximate surface area is 170 Å². The number of nitrogens with one attached hydrogen (secondary N) is 1. The summed E-state index contributed by atoms with van der Waals surface area (Å²) >= 11 is 0. The molecule has 2 saturated heterocycles. The van der Waals surface area contributed by atoms with Gasteiger partial charge in [0.2, 0.25) is 0 Å². The summed E-state index contributed by atoms with van der Waals surface area (Å²) in [5.74, 6) is 0. The van der Waals surface area contributed by atoms with Gasteiger partial charge in [0, 0.05) is 25.0 Å². The van der Waals surface area contributed by atoms with Gasteiger partial charge < -0.3 is 18.9 Å². The zero-order valence-corrected chi connectivity index (χ0v) is 17.6. The number of ether oxygens (including phenoxy) is 4. The highest BCUT2D eigenvalue weighted by Crippen LogP contribution is 2.65. The van der Waals surface area contributed by atoms with Gasteiger partial charge in [-0.25, -0.2) is 4.79 Å². The van der Waals surface area contributed by atoms with Crippen LogP contribution in [0.1, 0.15) is 64.2 Å². The molecule has 2 bridgehead atoms. The zero-order chi connectivity index (χ0) is 20.6. The first kappa shape index (κ1) is 20.8. The fraction of sp³-hybridized carbons (Fsp3) is 0.810. The number of aromatic amines is 1. The van der Waals surface area contributed by atoms with Crippen LogP contribution in [0.4, 0.5) is 0 Å². The molecule has 1 unspecified atom stereocenters. The highest BCUT2D eigenvalue weighted by Gasteiger charge is 2.79. The van der Waals surface area contributed by atoms with Gasteiger partial charge in [0.25, 0.3) is 5.56 Å². The minimum atomic E-state index is -0.729. The van der Waals surface area contributed by atoms with Gasteiger partial charge in [0.15, 0.2) is 11.8 Å². The molecule has 0 aromatic carbocycles. The van der Waals surface area contributed by atoms with Crippen molar-refractivity contribution < 1.29 is 18.9 Å². The highest BCUT2D eigenvalue weighted by molar-refractivity contribution is 5.26. The van der Waals surface area contributed by atoms with Gasteiger partial charge in [-0.2, -0.15) is 0 Å². The van der Waals surface area contributed by atoms with E-state index in [9.17, 15) is 9.59 Å². The minimum Gasteiger partial charge on any atom is -0.378 e. The average Bonchev–Trinajstić information content (AvgIpc) is 3.35. The Morgan fingerprint density at radius 1 is 1.17 bits per heavy atom. The molecule has 3 aliphatic rings. The molecule has 29 heavy (non-hydrogen) atoms. The molecule has 8 heteroatoms. The molecule has 1 aliphatic carbocycles. The molecular weight excluding hydrogens is 376 g/mol. The second kappa shape index (κ2) is 7.98. The Kier molecular flexibility index (Phi) is 5.72. The van der Waals surface area contributed by atoms with Crippen molar-refractivity contribution in [3.05, 3.63) is 32.6 Å². The number of rotatable bonds is 10. The Morgan fingerprint density at radius 3 is 2.59 bits per heavy atom. The van der Waals surface area contributed by atoms with E-state index in [2.05, 4.69) is 18.8 Å². The topological polar surface area (TPSA) is 91.8 Å². The smallest absolute Gasteiger partial charge is 0.330 e. The lowest BCUT2D eigenvalue weighted by Crippen LogP contribution is -2.54. The van der Waals surface area contributed by atoms with Gasteiger partial charge in [-0.1, -0.05) is 26.7 Å². The summed E-state index contributed by atoms with van der Waals surface area (Å²) in [5.41, 5.74) is -1.55. The molecule has 1 saturated carbocycles. The minimum absolute atomic E-state index is 0.303. The molecule has 0 amide bonds. The molecule has 0 radical (unpaired) electrons. The maximum absolute atomic E-state index is 12.5. The molecule has 1 spiro atoms. The molecule has 3 fully saturated rings. The fourth-order valence-corrected chi connectivity index (χ4v) is 4.56. The maximum atomic E-state index is 12.5. The van der Waals surface area contributed by atoms with Gasteiger partial charge in [0.1, 0.15) is 17.8 Å². The Balaban J connectivity index is 1.65. The van der Waals surface area contributed by atoms with E-state index in [0.29, 0.717) is 25.4 Å². The molecule has 4 atom stereocenters. The summed E-state index contributed by atoms with van der Waals surface area (Å²) in [7, 11) is 0. The third-order valence-corrected chi connectivity index (χ3v) is 6.38. The molecule has 162 valence electrons. The van der Waals surface area contributed by atoms with Crippen molar-refractivity contribution in [3.63, 3.8) is 0 Å². The number of aryl methyl sites for hydroxylation is 1. The third-order valence-electron chi connectivity index (χ3n) is 6.38. The van der Waals surface area contributed by atoms with E-state index in [1.807, 2.05) is 0 Å². The van der Waals surface area contributed by atoms with Crippen molar-refractivity contribution >= 4 is 0 Å². The van der Waals surface area contributed by atoms with Crippen molar-refractivity contribution in [3.8, 4) is 0 Å². The molecule has 8 nitrogen and oxygen atoms in total. The number of aromatic nitrogens is 2. The second-order valence-corrected chi connectivity index (χ2v) is 8.50. The summed E-state index contributed by atoms with van der Waals surface area (Å²) in [6, 6.07) is 0. The molecule has 1 aromatic rings. The van der Waals surface area contributed by atoms with Crippen LogP contribution < -0.4 is 11.2 Å². The monoisotopic (exact) mass is 408 g/mol. The first-order chi connectivity index (χ1) is 14.0. The van der Waals surface area contributed by atoms with Crippen LogP contribution in [0.15, 0.2) is 15.8 Å². The van der Waals surface area contributed by atoms with E-state index < -0.39 is 29.2 Å². The van der Waals surface area contributed by atoms with Gasteiger partial charge in [-0.05, 0) is 32.6 Å². The lowest BCUT2D eigenvalue weighted by atomic mass is 9.91. The van der Waals surface area contributed by atoms with Crippen molar-refractivity contribution in [2.45, 2.75) is 88.9 Å². The molecule has 1 N–H and O–H groups in total. The van der Waals surface area contributed by atoms with Crippen LogP contribution >= 0.6 is 0 Å². The van der Waals surface area contributed by atoms with Crippen molar-refractivity contribution in [1.82, 2.24) is 9.55 Å². The summed E-state index contributed by atoms with van der Waals surface area (Å²) in [5, 5.41) is 0. The standard InChI is InChI=1S/C21H32N2O6/c1-4-6-10-26-13-21-16(27-11-7-5-2)15(28-20(21)8-9-20)18(29-21)23-12-14(3)17(24)22-19(23)25/h12,15-16,18H,4-11,13H2,1-3H3,(H,22,24,25)/t15-,16?,18+,21-/m0/s1. The maximum Gasteiger partial charge on any atom is 0.330 e. The highest BCUT2D eigenvalue weighted by atomic mass is 16.7. The Hall–Kier alpha value is -1.48. The SMILES string of the molecule is CCCCOC[C@@]12O[C@@H](n3cc(C)c(=O)[nH]c3=O)[C@@H](OC13CC3)C2OCCCC. The average molecular weight is 408 g/mol. The molecule has 3 heterocycles. The Bertz CT molecular complexity index is 844. The summed E-state index contributed by atoms with van der Waals surface area (Å²) in [6.45, 7) is 7.58. The van der Waals surface area contributed by atoms with E-state index in [0.717, 1.165) is 38.5 Å². The van der Waals surface area contributed by atoms with Crippen molar-refractivity contribution in [2.75, 3.05) is 19.8 Å². The predicted octanol–water partition coefficient (Wildman–Crippen LogP) is 2.05. The fourth-order valence-electron chi connectivity index (χ4n) is 4.56. The van der Waals surface area contributed by atoms with E-state index >= 15 is 0 Å². The number of hydrogen-bond acceptors (Lipinski definition) is 6. The normalized spacial score (nSPS) is 31.6. The van der Waals surface area contributed by atoms with Gasteiger partial charge in [-0.15, -0.1) is 0 Å². The quantitative estimate of drug-likeness (QED) is 0.596. The number of unbranched alkanes of at least 4 members (excludes halogenated alkanes) is 2. The molecule has 4 rings (SSSR count). The predicted molar refractivity (Wildman–Crippen MR) is 106 cm³/mol. The largest absolute Gasteiger partial charge is 0.378 e. The summed E-state index contributed by atoms with van der Waals surface area (Å²) in [4.78, 5) is 26.7. The van der Waals surface area contributed by atoms with Crippen LogP contribution in [0.5, 0.6) is 0 Å². The van der Waals surface area contributed by atoms with Gasteiger partial charge in [-0.3, -0.25) is 14.3 Å². The van der Waals surface area contributed by atoms with E-state index in [4.69, 9.17) is 18.9 Å². The second-order valence-electron chi connectivity index (χ2n) is 8.50. The summed E-state index contributed by atoms with van der Waals surface area (Å²) in [6.07, 6.45) is 6.02. The Morgan fingerprint density at radius 2 is 1.90 bits per heavy atom. The lowest BCUT2D eigenvalue weighted by Gasteiger charge is -2.38. The molecule has 1 aromatic heterocycles. The van der Waals surface area contributed by atoms with E-state index in [1.165, 1.54) is 4.57 Å². The van der Waals surface area contributed by atoms with Crippen molar-refractivity contribution in [1.29, 1.82) is 0 Å². The summed E-state index contributed by atoms with van der Waals surface area (Å²) < 4.78 is 26.8. The zero-order valence-electron chi connectivity index (χ0n) is 17.6. The number of hydrogen-bond donors (Lipinski definition) is 1. The number of H-pyrrole nitrogens is 1. The van der Waals surface area contributed by atoms with E-state index in [1.54, 1.807) is 13.1 Å². The van der Waals surface area contributed by atoms with Crippen LogP contribution in [0.2, 0.25) is 0 Å². The first-order valence-electron chi connectivity index (χ1n) is 10.8. The van der Waals surface area contributed by atoms with Crippen LogP contribution in [0, 0.1) is 6.92 Å². The lowest BCUT2D eigenvalue weighted by molar-refractivity contribution is -0.241. The van der Waals surface area contributed by atoms with Crippen LogP contribution in [0.3, 0.4) is 0 Å². The van der Waals surface area contributed by atoms with Crippen LogP contribution in [-0.2, 0) is 18.9 Å². The van der Waals surface area contributed by atoms with Crippen molar-refractivity contribution in [2.24, 2.45) is 0 Å². The van der Waals surface area contributed by atoms with Gasteiger partial charge in [0.05, 0.1) is 6.61 Å². The molecular formula is C21H32N2O6. The van der Waals surface area contributed by atoms with E-state index in [-0.39, 0.29) is 11.7 Å². The molecule has 2 aliphatic heterocycles. The number of fused-ring (bicyclic) bond motifs is 3. The van der Waals surface area contributed by atoms with Crippen LogP contribution in [-0.4, -0.2) is 52.8 Å². The first-order valence-corrected chi connectivity index (χ1v) is 10.8. The van der Waals surface area contributed by atoms with Gasteiger partial charge >= 0.3 is 5.69 Å². The number of nitrogens with zero attached hydrogens (tertiary/aromatic N) is 1.